The fourth-order valence-electron chi connectivity index (χ4n) is 1.84. The average molecular weight is 282 g/mol. The molecule has 0 aliphatic rings. The summed E-state index contributed by atoms with van der Waals surface area (Å²) in [5, 5.41) is 1.13. The molecule has 0 unspecified atom stereocenters. The van der Waals surface area contributed by atoms with Gasteiger partial charge >= 0.3 is 0 Å². The van der Waals surface area contributed by atoms with E-state index in [1.165, 1.54) is 0 Å². The standard InChI is InChI=1S/C13H13Cl2N3/c1-3-4-18-8(2)17-12(13(18)16)9-5-10(14)7-11(15)6-9/h3,5-7H,1,4,16H2,2H3. The summed E-state index contributed by atoms with van der Waals surface area (Å²) in [4.78, 5) is 4.45. The Balaban J connectivity index is 2.57. The summed E-state index contributed by atoms with van der Waals surface area (Å²) in [6, 6.07) is 5.27. The number of hydrogen-bond donors (Lipinski definition) is 1. The molecule has 0 saturated heterocycles. The second kappa shape index (κ2) is 5.04. The Morgan fingerprint density at radius 1 is 1.33 bits per heavy atom. The molecule has 0 bridgehead atoms. The first-order valence-corrected chi connectivity index (χ1v) is 6.18. The number of aromatic nitrogens is 2. The van der Waals surface area contributed by atoms with Crippen molar-refractivity contribution < 1.29 is 0 Å². The summed E-state index contributed by atoms with van der Waals surface area (Å²) in [6.45, 7) is 6.22. The van der Waals surface area contributed by atoms with E-state index >= 15 is 0 Å². The van der Waals surface area contributed by atoms with Crippen molar-refractivity contribution >= 4 is 29.0 Å². The van der Waals surface area contributed by atoms with Gasteiger partial charge in [-0.15, -0.1) is 6.58 Å². The van der Waals surface area contributed by atoms with Crippen LogP contribution in [0.3, 0.4) is 0 Å². The van der Waals surface area contributed by atoms with Crippen LogP contribution in [0.2, 0.25) is 10.0 Å². The van der Waals surface area contributed by atoms with Gasteiger partial charge in [-0.1, -0.05) is 29.3 Å². The number of anilines is 1. The van der Waals surface area contributed by atoms with Crippen molar-refractivity contribution in [3.05, 3.63) is 46.7 Å². The number of halogens is 2. The number of benzene rings is 1. The Morgan fingerprint density at radius 2 is 1.94 bits per heavy atom. The fraction of sp³-hybridized carbons (Fsp3) is 0.154. The maximum Gasteiger partial charge on any atom is 0.132 e. The van der Waals surface area contributed by atoms with Crippen LogP contribution in [0.5, 0.6) is 0 Å². The number of rotatable bonds is 3. The Morgan fingerprint density at radius 3 is 2.50 bits per heavy atom. The topological polar surface area (TPSA) is 43.8 Å². The van der Waals surface area contributed by atoms with Crippen LogP contribution in [-0.2, 0) is 6.54 Å². The maximum atomic E-state index is 6.09. The van der Waals surface area contributed by atoms with Crippen molar-refractivity contribution in [1.29, 1.82) is 0 Å². The third-order valence-corrected chi connectivity index (χ3v) is 3.08. The molecule has 18 heavy (non-hydrogen) atoms. The molecular weight excluding hydrogens is 269 g/mol. The Labute approximate surface area is 116 Å². The van der Waals surface area contributed by atoms with E-state index in [1.54, 1.807) is 24.3 Å². The number of nitrogens with two attached hydrogens (primary N) is 1. The van der Waals surface area contributed by atoms with Crippen LogP contribution in [-0.4, -0.2) is 9.55 Å². The maximum absolute atomic E-state index is 6.09. The van der Waals surface area contributed by atoms with Gasteiger partial charge < -0.3 is 10.3 Å². The molecule has 0 fully saturated rings. The third-order valence-electron chi connectivity index (χ3n) is 2.65. The first-order chi connectivity index (χ1) is 8.52. The van der Waals surface area contributed by atoms with Crippen molar-refractivity contribution in [3.8, 4) is 11.3 Å². The Hall–Kier alpha value is -1.45. The zero-order valence-electron chi connectivity index (χ0n) is 9.95. The minimum Gasteiger partial charge on any atom is -0.383 e. The lowest BCUT2D eigenvalue weighted by Gasteiger charge is -2.04. The third kappa shape index (κ3) is 2.37. The first kappa shape index (κ1) is 13.0. The van der Waals surface area contributed by atoms with E-state index in [0.717, 1.165) is 11.4 Å². The summed E-state index contributed by atoms with van der Waals surface area (Å²) in [6.07, 6.45) is 1.78. The van der Waals surface area contributed by atoms with Gasteiger partial charge in [0.2, 0.25) is 0 Å². The lowest BCUT2D eigenvalue weighted by Crippen LogP contribution is -2.03. The van der Waals surface area contributed by atoms with Gasteiger partial charge in [-0.25, -0.2) is 4.98 Å². The summed E-state index contributed by atoms with van der Waals surface area (Å²) in [5.41, 5.74) is 7.60. The zero-order valence-corrected chi connectivity index (χ0v) is 11.5. The quantitative estimate of drug-likeness (QED) is 0.867. The molecule has 1 aromatic heterocycles. The van der Waals surface area contributed by atoms with Crippen LogP contribution < -0.4 is 5.73 Å². The van der Waals surface area contributed by atoms with Gasteiger partial charge in [0.05, 0.1) is 0 Å². The van der Waals surface area contributed by atoms with Crippen molar-refractivity contribution in [1.82, 2.24) is 9.55 Å². The van der Waals surface area contributed by atoms with Crippen LogP contribution in [0.25, 0.3) is 11.3 Å². The molecule has 0 aliphatic heterocycles. The van der Waals surface area contributed by atoms with Crippen LogP contribution in [0.1, 0.15) is 5.82 Å². The highest BCUT2D eigenvalue weighted by molar-refractivity contribution is 6.35. The number of allylic oxidation sites excluding steroid dienone is 1. The van der Waals surface area contributed by atoms with E-state index in [2.05, 4.69) is 11.6 Å². The van der Waals surface area contributed by atoms with Gasteiger partial charge in [-0.2, -0.15) is 0 Å². The normalized spacial score (nSPS) is 10.6. The van der Waals surface area contributed by atoms with Crippen molar-refractivity contribution in [2.24, 2.45) is 0 Å². The van der Waals surface area contributed by atoms with E-state index in [0.29, 0.717) is 28.1 Å². The minimum absolute atomic E-state index is 0.563. The second-order valence-electron chi connectivity index (χ2n) is 3.95. The van der Waals surface area contributed by atoms with E-state index in [4.69, 9.17) is 28.9 Å². The molecule has 2 aromatic rings. The van der Waals surface area contributed by atoms with Crippen molar-refractivity contribution in [2.75, 3.05) is 5.73 Å². The van der Waals surface area contributed by atoms with Gasteiger partial charge in [0.15, 0.2) is 0 Å². The lowest BCUT2D eigenvalue weighted by molar-refractivity contribution is 0.792. The van der Waals surface area contributed by atoms with Crippen LogP contribution in [0.15, 0.2) is 30.9 Å². The van der Waals surface area contributed by atoms with E-state index in [1.807, 2.05) is 11.5 Å². The van der Waals surface area contributed by atoms with E-state index < -0.39 is 0 Å². The van der Waals surface area contributed by atoms with Crippen LogP contribution in [0, 0.1) is 6.92 Å². The number of imidazole rings is 1. The van der Waals surface area contributed by atoms with Crippen molar-refractivity contribution in [2.45, 2.75) is 13.5 Å². The molecule has 5 heteroatoms. The molecular formula is C13H13Cl2N3. The summed E-state index contributed by atoms with van der Waals surface area (Å²) < 4.78 is 1.89. The molecule has 0 amide bonds. The molecule has 0 aliphatic carbocycles. The van der Waals surface area contributed by atoms with Crippen LogP contribution >= 0.6 is 23.2 Å². The van der Waals surface area contributed by atoms with Crippen molar-refractivity contribution in [3.63, 3.8) is 0 Å². The number of nitrogens with zero attached hydrogens (tertiary/aromatic N) is 2. The Kier molecular flexibility index (Phi) is 3.64. The smallest absolute Gasteiger partial charge is 0.132 e. The van der Waals surface area contributed by atoms with Crippen LogP contribution in [0.4, 0.5) is 5.82 Å². The molecule has 0 spiro atoms. The lowest BCUT2D eigenvalue weighted by atomic mass is 10.1. The summed E-state index contributed by atoms with van der Waals surface area (Å²) >= 11 is 12.0. The van der Waals surface area contributed by atoms with Gasteiger partial charge in [0.25, 0.3) is 0 Å². The summed E-state index contributed by atoms with van der Waals surface area (Å²) in [5.74, 6) is 1.42. The van der Waals surface area contributed by atoms with Gasteiger partial charge in [0, 0.05) is 22.2 Å². The number of nitrogen functional groups attached to an aromatic ring is 1. The van der Waals surface area contributed by atoms with Gasteiger partial charge in [-0.05, 0) is 25.1 Å². The second-order valence-corrected chi connectivity index (χ2v) is 4.82. The molecule has 3 nitrogen and oxygen atoms in total. The molecule has 1 aromatic carbocycles. The predicted octanol–water partition coefficient (Wildman–Crippen LogP) is 3.93. The van der Waals surface area contributed by atoms with E-state index in [9.17, 15) is 0 Å². The molecule has 0 atom stereocenters. The predicted molar refractivity (Wildman–Crippen MR) is 77.0 cm³/mol. The summed E-state index contributed by atoms with van der Waals surface area (Å²) in [7, 11) is 0. The van der Waals surface area contributed by atoms with Gasteiger partial charge in [-0.3, -0.25) is 0 Å². The molecule has 1 heterocycles. The molecule has 0 radical (unpaired) electrons. The first-order valence-electron chi connectivity index (χ1n) is 5.43. The largest absolute Gasteiger partial charge is 0.383 e. The minimum atomic E-state index is 0.563. The highest BCUT2D eigenvalue weighted by Crippen LogP contribution is 2.30. The highest BCUT2D eigenvalue weighted by Gasteiger charge is 2.13. The van der Waals surface area contributed by atoms with Gasteiger partial charge in [0.1, 0.15) is 17.3 Å². The SMILES string of the molecule is C=CCn1c(C)nc(-c2cc(Cl)cc(Cl)c2)c1N. The molecule has 2 rings (SSSR count). The average Bonchev–Trinajstić information content (AvgIpc) is 2.56. The zero-order chi connectivity index (χ0) is 13.3. The molecule has 2 N–H and O–H groups in total. The fourth-order valence-corrected chi connectivity index (χ4v) is 2.37. The van der Waals surface area contributed by atoms with E-state index in [-0.39, 0.29) is 0 Å². The number of hydrogen-bond acceptors (Lipinski definition) is 2. The Bertz CT molecular complexity index is 582. The molecule has 94 valence electrons. The monoisotopic (exact) mass is 281 g/mol. The molecule has 0 saturated carbocycles. The highest BCUT2D eigenvalue weighted by atomic mass is 35.5. The number of aryl methyl sites for hydroxylation is 1.